The van der Waals surface area contributed by atoms with E-state index in [0.717, 1.165) is 12.3 Å². The van der Waals surface area contributed by atoms with E-state index < -0.39 is 0 Å². The summed E-state index contributed by atoms with van der Waals surface area (Å²) in [5.74, 6) is 0.738. The van der Waals surface area contributed by atoms with Crippen LogP contribution in [0.1, 0.15) is 80.1 Å². The molecule has 0 fully saturated rings. The molecule has 0 saturated carbocycles. The third-order valence-electron chi connectivity index (χ3n) is 4.37. The maximum absolute atomic E-state index is 3.46. The van der Waals surface area contributed by atoms with Gasteiger partial charge in [-0.2, -0.15) is 0 Å². The normalized spacial score (nSPS) is 18.5. The minimum Gasteiger partial charge on any atom is -0.126 e. The molecule has 0 bridgehead atoms. The van der Waals surface area contributed by atoms with Gasteiger partial charge in [0, 0.05) is 0 Å². The predicted octanol–water partition coefficient (Wildman–Crippen LogP) is 6.44. The minimum atomic E-state index is 0.421. The summed E-state index contributed by atoms with van der Waals surface area (Å²) in [7, 11) is 0. The number of allylic oxidation sites excluding steroid dienone is 3. The molecule has 0 amide bonds. The Kier molecular flexibility index (Phi) is 6.14. The smallest absolute Gasteiger partial charge is 0.0142 e. The fraction of sp³-hybridized carbons (Fsp3) is 0.737. The number of rotatable bonds is 5. The molecule has 19 heavy (non-hydrogen) atoms. The highest BCUT2D eigenvalue weighted by molar-refractivity contribution is 5.23. The fourth-order valence-corrected chi connectivity index (χ4v) is 3.08. The first-order valence-corrected chi connectivity index (χ1v) is 7.92. The van der Waals surface area contributed by atoms with E-state index in [0.29, 0.717) is 5.41 Å². The molecule has 0 saturated heterocycles. The van der Waals surface area contributed by atoms with Crippen molar-refractivity contribution >= 4 is 0 Å². The van der Waals surface area contributed by atoms with Crippen molar-refractivity contribution in [3.8, 4) is 0 Å². The van der Waals surface area contributed by atoms with Crippen LogP contribution in [0.2, 0.25) is 0 Å². The van der Waals surface area contributed by atoms with Crippen LogP contribution < -0.4 is 0 Å². The monoisotopic (exact) mass is 260 g/mol. The molecule has 0 nitrogen and oxygen atoms in total. The first-order chi connectivity index (χ1) is 8.83. The lowest BCUT2D eigenvalue weighted by atomic mass is 9.71. The van der Waals surface area contributed by atoms with E-state index in [9.17, 15) is 0 Å². The van der Waals surface area contributed by atoms with Gasteiger partial charge in [0.15, 0.2) is 0 Å². The SMILES string of the molecule is CC(=C=CCC(C)C)CCC1=C(C)CCCC1(C)C. The highest BCUT2D eigenvalue weighted by Gasteiger charge is 2.27. The van der Waals surface area contributed by atoms with Crippen LogP contribution >= 0.6 is 0 Å². The molecular formula is C19H32. The fourth-order valence-electron chi connectivity index (χ4n) is 3.08. The Morgan fingerprint density at radius 3 is 2.63 bits per heavy atom. The van der Waals surface area contributed by atoms with Crippen LogP contribution in [0.15, 0.2) is 28.5 Å². The first kappa shape index (κ1) is 16.3. The second-order valence-corrected chi connectivity index (χ2v) is 7.25. The van der Waals surface area contributed by atoms with Gasteiger partial charge in [0.05, 0.1) is 0 Å². The first-order valence-electron chi connectivity index (χ1n) is 7.92. The Balaban J connectivity index is 2.63. The molecule has 0 aromatic rings. The lowest BCUT2D eigenvalue weighted by Gasteiger charge is -2.34. The van der Waals surface area contributed by atoms with E-state index in [1.165, 1.54) is 37.7 Å². The van der Waals surface area contributed by atoms with Gasteiger partial charge in [-0.25, -0.2) is 0 Å². The van der Waals surface area contributed by atoms with Crippen LogP contribution in [0.5, 0.6) is 0 Å². The highest BCUT2D eigenvalue weighted by Crippen LogP contribution is 2.42. The van der Waals surface area contributed by atoms with Crippen LogP contribution in [-0.4, -0.2) is 0 Å². The van der Waals surface area contributed by atoms with E-state index in [-0.39, 0.29) is 0 Å². The summed E-state index contributed by atoms with van der Waals surface area (Å²) in [6.07, 6.45) is 9.79. The second-order valence-electron chi connectivity index (χ2n) is 7.25. The Hall–Kier alpha value is -0.740. The van der Waals surface area contributed by atoms with Gasteiger partial charge in [-0.05, 0) is 75.4 Å². The van der Waals surface area contributed by atoms with Gasteiger partial charge >= 0.3 is 0 Å². The number of hydrogen-bond donors (Lipinski definition) is 0. The molecule has 0 aromatic heterocycles. The average molecular weight is 260 g/mol. The zero-order chi connectivity index (χ0) is 14.5. The van der Waals surface area contributed by atoms with Gasteiger partial charge in [-0.1, -0.05) is 38.8 Å². The van der Waals surface area contributed by atoms with Gasteiger partial charge < -0.3 is 0 Å². The Morgan fingerprint density at radius 1 is 1.37 bits per heavy atom. The molecule has 0 atom stereocenters. The third-order valence-corrected chi connectivity index (χ3v) is 4.37. The molecule has 0 heteroatoms. The van der Waals surface area contributed by atoms with Crippen molar-refractivity contribution in [2.24, 2.45) is 11.3 Å². The average Bonchev–Trinajstić information content (AvgIpc) is 2.26. The maximum atomic E-state index is 3.46. The summed E-state index contributed by atoms with van der Waals surface area (Å²) < 4.78 is 0. The molecular weight excluding hydrogens is 228 g/mol. The van der Waals surface area contributed by atoms with Crippen LogP contribution in [0.4, 0.5) is 0 Å². The van der Waals surface area contributed by atoms with Gasteiger partial charge in [-0.3, -0.25) is 0 Å². The van der Waals surface area contributed by atoms with Crippen molar-refractivity contribution in [1.82, 2.24) is 0 Å². The maximum Gasteiger partial charge on any atom is -0.0142 e. The molecule has 1 aliphatic carbocycles. The largest absolute Gasteiger partial charge is 0.126 e. The van der Waals surface area contributed by atoms with Gasteiger partial charge in [0.25, 0.3) is 0 Å². The second kappa shape index (κ2) is 7.15. The molecule has 0 aliphatic heterocycles. The van der Waals surface area contributed by atoms with E-state index in [4.69, 9.17) is 0 Å². The van der Waals surface area contributed by atoms with Gasteiger partial charge in [-0.15, -0.1) is 5.73 Å². The van der Waals surface area contributed by atoms with Crippen molar-refractivity contribution in [3.63, 3.8) is 0 Å². The van der Waals surface area contributed by atoms with Crippen molar-refractivity contribution in [2.45, 2.75) is 80.1 Å². The molecule has 1 aliphatic rings. The zero-order valence-corrected chi connectivity index (χ0v) is 13.9. The molecule has 0 spiro atoms. The summed E-state index contributed by atoms with van der Waals surface area (Å²) in [6, 6.07) is 0. The summed E-state index contributed by atoms with van der Waals surface area (Å²) in [5, 5.41) is 0. The lowest BCUT2D eigenvalue weighted by Crippen LogP contribution is -2.20. The van der Waals surface area contributed by atoms with Gasteiger partial charge in [0.2, 0.25) is 0 Å². The van der Waals surface area contributed by atoms with Crippen LogP contribution in [0.3, 0.4) is 0 Å². The quantitative estimate of drug-likeness (QED) is 0.394. The van der Waals surface area contributed by atoms with E-state index in [2.05, 4.69) is 53.3 Å². The Labute approximate surface area is 120 Å². The van der Waals surface area contributed by atoms with Crippen molar-refractivity contribution in [1.29, 1.82) is 0 Å². The van der Waals surface area contributed by atoms with Crippen molar-refractivity contribution in [2.75, 3.05) is 0 Å². The standard InChI is InChI=1S/C19H32/c1-15(2)9-7-10-16(3)12-13-18-17(4)11-8-14-19(18,5)6/h7,15H,8-9,11-14H2,1-6H3. The minimum absolute atomic E-state index is 0.421. The highest BCUT2D eigenvalue weighted by atomic mass is 14.3. The summed E-state index contributed by atoms with van der Waals surface area (Å²) >= 11 is 0. The molecule has 0 N–H and O–H groups in total. The molecule has 108 valence electrons. The van der Waals surface area contributed by atoms with E-state index in [1.54, 1.807) is 11.1 Å². The van der Waals surface area contributed by atoms with E-state index in [1.807, 2.05) is 0 Å². The zero-order valence-electron chi connectivity index (χ0n) is 13.9. The summed E-state index contributed by atoms with van der Waals surface area (Å²) in [4.78, 5) is 0. The molecule has 0 radical (unpaired) electrons. The molecule has 0 unspecified atom stereocenters. The third kappa shape index (κ3) is 5.41. The molecule has 0 aromatic carbocycles. The Morgan fingerprint density at radius 2 is 2.05 bits per heavy atom. The van der Waals surface area contributed by atoms with Gasteiger partial charge in [0.1, 0.15) is 0 Å². The van der Waals surface area contributed by atoms with E-state index >= 15 is 0 Å². The number of hydrogen-bond acceptors (Lipinski definition) is 0. The van der Waals surface area contributed by atoms with Crippen molar-refractivity contribution < 1.29 is 0 Å². The topological polar surface area (TPSA) is 0 Å². The molecule has 1 rings (SSSR count). The van der Waals surface area contributed by atoms with Crippen molar-refractivity contribution in [3.05, 3.63) is 28.5 Å². The summed E-state index contributed by atoms with van der Waals surface area (Å²) in [5.41, 5.74) is 8.65. The summed E-state index contributed by atoms with van der Waals surface area (Å²) in [6.45, 7) is 13.9. The lowest BCUT2D eigenvalue weighted by molar-refractivity contribution is 0.354. The van der Waals surface area contributed by atoms with Crippen LogP contribution in [0.25, 0.3) is 0 Å². The Bertz CT molecular complexity index is 384. The predicted molar refractivity (Wildman–Crippen MR) is 86.3 cm³/mol. The van der Waals surface area contributed by atoms with Crippen LogP contribution in [0, 0.1) is 11.3 Å². The molecule has 0 heterocycles. The van der Waals surface area contributed by atoms with Crippen LogP contribution in [-0.2, 0) is 0 Å².